The number of pyridine rings is 1. The minimum Gasteiger partial charge on any atom is -0.384 e. The first-order chi connectivity index (χ1) is 8.38. The highest BCUT2D eigenvalue weighted by atomic mass is 16.5. The predicted molar refractivity (Wildman–Crippen MR) is 64.9 cm³/mol. The van der Waals surface area contributed by atoms with E-state index in [1.807, 2.05) is 6.07 Å². The van der Waals surface area contributed by atoms with Gasteiger partial charge in [0.1, 0.15) is 0 Å². The SMILES string of the molecule is CCNc1cncc(NCCc2ncno2)c1. The Labute approximate surface area is 99.5 Å². The second kappa shape index (κ2) is 5.83. The van der Waals surface area contributed by atoms with Gasteiger partial charge in [-0.25, -0.2) is 0 Å². The summed E-state index contributed by atoms with van der Waals surface area (Å²) in [6.45, 7) is 3.67. The summed E-state index contributed by atoms with van der Waals surface area (Å²) in [6.07, 6.45) is 5.69. The van der Waals surface area contributed by atoms with E-state index in [-0.39, 0.29) is 0 Å². The second-order valence-corrected chi connectivity index (χ2v) is 3.50. The molecule has 17 heavy (non-hydrogen) atoms. The molecule has 0 radical (unpaired) electrons. The summed E-state index contributed by atoms with van der Waals surface area (Å²) in [5.41, 5.74) is 1.98. The molecule has 2 aromatic rings. The Bertz CT molecular complexity index is 443. The Kier molecular flexibility index (Phi) is 3.90. The molecule has 0 aromatic carbocycles. The highest BCUT2D eigenvalue weighted by molar-refractivity contribution is 5.53. The Morgan fingerprint density at radius 3 is 2.76 bits per heavy atom. The molecule has 0 atom stereocenters. The molecular weight excluding hydrogens is 218 g/mol. The van der Waals surface area contributed by atoms with Crippen LogP contribution in [0.1, 0.15) is 12.8 Å². The normalized spacial score (nSPS) is 10.2. The van der Waals surface area contributed by atoms with Gasteiger partial charge in [0.15, 0.2) is 6.33 Å². The van der Waals surface area contributed by atoms with E-state index in [1.54, 1.807) is 12.4 Å². The average molecular weight is 233 g/mol. The molecule has 2 aromatic heterocycles. The maximum Gasteiger partial charge on any atom is 0.228 e. The van der Waals surface area contributed by atoms with E-state index in [0.717, 1.165) is 24.5 Å². The van der Waals surface area contributed by atoms with Gasteiger partial charge in [0.05, 0.1) is 23.8 Å². The van der Waals surface area contributed by atoms with Crippen molar-refractivity contribution in [1.29, 1.82) is 0 Å². The van der Waals surface area contributed by atoms with E-state index in [4.69, 9.17) is 4.52 Å². The largest absolute Gasteiger partial charge is 0.384 e. The molecule has 0 amide bonds. The van der Waals surface area contributed by atoms with Crippen LogP contribution >= 0.6 is 0 Å². The Morgan fingerprint density at radius 2 is 2.06 bits per heavy atom. The first-order valence-electron chi connectivity index (χ1n) is 5.57. The third-order valence-corrected chi connectivity index (χ3v) is 2.19. The van der Waals surface area contributed by atoms with Gasteiger partial charge in [0, 0.05) is 19.5 Å². The highest BCUT2D eigenvalue weighted by Gasteiger charge is 1.99. The van der Waals surface area contributed by atoms with Gasteiger partial charge in [-0.3, -0.25) is 4.98 Å². The third kappa shape index (κ3) is 3.44. The van der Waals surface area contributed by atoms with Crippen molar-refractivity contribution in [2.45, 2.75) is 13.3 Å². The fraction of sp³-hybridized carbons (Fsp3) is 0.364. The first-order valence-corrected chi connectivity index (χ1v) is 5.57. The van der Waals surface area contributed by atoms with E-state index >= 15 is 0 Å². The fourth-order valence-corrected chi connectivity index (χ4v) is 1.46. The molecular formula is C11H15N5O. The maximum absolute atomic E-state index is 4.90. The molecule has 0 saturated heterocycles. The van der Waals surface area contributed by atoms with Gasteiger partial charge >= 0.3 is 0 Å². The van der Waals surface area contributed by atoms with Crippen LogP contribution in [0.25, 0.3) is 0 Å². The number of nitrogens with zero attached hydrogens (tertiary/aromatic N) is 3. The van der Waals surface area contributed by atoms with Crippen LogP contribution < -0.4 is 10.6 Å². The molecule has 0 fully saturated rings. The quantitative estimate of drug-likeness (QED) is 0.788. The van der Waals surface area contributed by atoms with Gasteiger partial charge in [0.25, 0.3) is 0 Å². The van der Waals surface area contributed by atoms with Gasteiger partial charge in [0.2, 0.25) is 5.89 Å². The zero-order chi connectivity index (χ0) is 11.9. The monoisotopic (exact) mass is 233 g/mol. The molecule has 2 N–H and O–H groups in total. The van der Waals surface area contributed by atoms with Crippen molar-refractivity contribution in [2.24, 2.45) is 0 Å². The van der Waals surface area contributed by atoms with E-state index in [2.05, 4.69) is 32.7 Å². The number of aromatic nitrogens is 3. The lowest BCUT2D eigenvalue weighted by Gasteiger charge is -2.07. The summed E-state index contributed by atoms with van der Waals surface area (Å²) in [5, 5.41) is 10.0. The average Bonchev–Trinajstić information content (AvgIpc) is 2.83. The molecule has 2 rings (SSSR count). The van der Waals surface area contributed by atoms with Gasteiger partial charge in [-0.2, -0.15) is 4.98 Å². The van der Waals surface area contributed by atoms with E-state index in [0.29, 0.717) is 12.3 Å². The van der Waals surface area contributed by atoms with Crippen molar-refractivity contribution in [3.63, 3.8) is 0 Å². The van der Waals surface area contributed by atoms with Crippen molar-refractivity contribution in [3.05, 3.63) is 30.7 Å². The molecule has 0 saturated carbocycles. The molecule has 0 aliphatic carbocycles. The summed E-state index contributed by atoms with van der Waals surface area (Å²) in [4.78, 5) is 8.09. The number of nitrogens with one attached hydrogen (secondary N) is 2. The van der Waals surface area contributed by atoms with Gasteiger partial charge in [-0.15, -0.1) is 0 Å². The van der Waals surface area contributed by atoms with Crippen LogP contribution in [0.3, 0.4) is 0 Å². The topological polar surface area (TPSA) is 75.9 Å². The van der Waals surface area contributed by atoms with Crippen LogP contribution in [0.5, 0.6) is 0 Å². The minimum atomic E-state index is 0.633. The zero-order valence-corrected chi connectivity index (χ0v) is 9.68. The van der Waals surface area contributed by atoms with Gasteiger partial charge in [-0.1, -0.05) is 5.16 Å². The molecule has 90 valence electrons. The number of hydrogen-bond acceptors (Lipinski definition) is 6. The lowest BCUT2D eigenvalue weighted by molar-refractivity contribution is 0.380. The smallest absolute Gasteiger partial charge is 0.228 e. The van der Waals surface area contributed by atoms with Gasteiger partial charge < -0.3 is 15.2 Å². The molecule has 2 heterocycles. The minimum absolute atomic E-state index is 0.633. The summed E-state index contributed by atoms with van der Waals surface area (Å²) >= 11 is 0. The summed E-state index contributed by atoms with van der Waals surface area (Å²) in [5.74, 6) is 0.633. The lowest BCUT2D eigenvalue weighted by Crippen LogP contribution is -2.06. The summed E-state index contributed by atoms with van der Waals surface area (Å²) in [7, 11) is 0. The van der Waals surface area contributed by atoms with E-state index < -0.39 is 0 Å². The predicted octanol–water partition coefficient (Wildman–Crippen LogP) is 1.55. The van der Waals surface area contributed by atoms with Crippen LogP contribution in [-0.4, -0.2) is 28.2 Å². The maximum atomic E-state index is 4.90. The fourth-order valence-electron chi connectivity index (χ4n) is 1.46. The van der Waals surface area contributed by atoms with Crippen LogP contribution in [0.4, 0.5) is 11.4 Å². The van der Waals surface area contributed by atoms with Crippen LogP contribution in [0, 0.1) is 0 Å². The molecule has 0 aliphatic rings. The lowest BCUT2D eigenvalue weighted by atomic mass is 10.3. The molecule has 0 bridgehead atoms. The van der Waals surface area contributed by atoms with Crippen molar-refractivity contribution >= 4 is 11.4 Å². The Balaban J connectivity index is 1.84. The number of rotatable bonds is 6. The molecule has 0 spiro atoms. The Hall–Kier alpha value is -2.11. The van der Waals surface area contributed by atoms with Crippen molar-refractivity contribution in [3.8, 4) is 0 Å². The van der Waals surface area contributed by atoms with E-state index in [9.17, 15) is 0 Å². The first kappa shape index (κ1) is 11.4. The highest BCUT2D eigenvalue weighted by Crippen LogP contribution is 2.12. The zero-order valence-electron chi connectivity index (χ0n) is 9.68. The molecule has 6 heteroatoms. The summed E-state index contributed by atoms with van der Waals surface area (Å²) < 4.78 is 4.90. The molecule has 0 aliphatic heterocycles. The second-order valence-electron chi connectivity index (χ2n) is 3.50. The standard InChI is InChI=1S/C11H15N5O/c1-2-13-9-5-10(7-12-6-9)14-4-3-11-15-8-16-17-11/h5-8,13-14H,2-4H2,1H3. The Morgan fingerprint density at radius 1 is 1.24 bits per heavy atom. The molecule has 6 nitrogen and oxygen atoms in total. The van der Waals surface area contributed by atoms with Gasteiger partial charge in [-0.05, 0) is 13.0 Å². The van der Waals surface area contributed by atoms with Crippen LogP contribution in [-0.2, 0) is 6.42 Å². The van der Waals surface area contributed by atoms with Crippen molar-refractivity contribution in [2.75, 3.05) is 23.7 Å². The van der Waals surface area contributed by atoms with Crippen LogP contribution in [0.2, 0.25) is 0 Å². The van der Waals surface area contributed by atoms with Crippen molar-refractivity contribution in [1.82, 2.24) is 15.1 Å². The van der Waals surface area contributed by atoms with Crippen molar-refractivity contribution < 1.29 is 4.52 Å². The van der Waals surface area contributed by atoms with Crippen LogP contribution in [0.15, 0.2) is 29.3 Å². The van der Waals surface area contributed by atoms with E-state index in [1.165, 1.54) is 6.33 Å². The third-order valence-electron chi connectivity index (χ3n) is 2.19. The number of hydrogen-bond donors (Lipinski definition) is 2. The number of anilines is 2. The molecule has 0 unspecified atom stereocenters. The summed E-state index contributed by atoms with van der Waals surface area (Å²) in [6, 6.07) is 2.02.